The number of hydrazone groups is 1. The van der Waals surface area contributed by atoms with Crippen LogP contribution in [-0.4, -0.2) is 34.7 Å². The van der Waals surface area contributed by atoms with Gasteiger partial charge in [-0.3, -0.25) is 14.9 Å². The van der Waals surface area contributed by atoms with Gasteiger partial charge >= 0.3 is 5.97 Å². The van der Waals surface area contributed by atoms with Gasteiger partial charge in [-0.1, -0.05) is 6.07 Å². The molecular weight excluding hydrogens is 330 g/mol. The van der Waals surface area contributed by atoms with Gasteiger partial charge < -0.3 is 9.84 Å². The van der Waals surface area contributed by atoms with Crippen LogP contribution in [0.2, 0.25) is 0 Å². The van der Waals surface area contributed by atoms with Crippen molar-refractivity contribution >= 4 is 23.8 Å². The minimum atomic E-state index is -1.07. The smallest absolute Gasteiger partial charge is 0.341 e. The third-order valence-electron chi connectivity index (χ3n) is 2.94. The second kappa shape index (κ2) is 8.20. The third kappa shape index (κ3) is 5.43. The van der Waals surface area contributed by atoms with Crippen molar-refractivity contribution in [2.75, 3.05) is 6.61 Å². The summed E-state index contributed by atoms with van der Waals surface area (Å²) < 4.78 is 4.98. The molecule has 2 N–H and O–H groups in total. The number of non-ortho nitro benzene ring substituents is 1. The molecule has 9 nitrogen and oxygen atoms in total. The molecule has 0 atom stereocenters. The largest absolute Gasteiger partial charge is 0.482 e. The molecule has 0 saturated carbocycles. The van der Waals surface area contributed by atoms with E-state index >= 15 is 0 Å². The topological polar surface area (TPSA) is 131 Å². The maximum atomic E-state index is 11.9. The number of nitro groups is 1. The summed E-state index contributed by atoms with van der Waals surface area (Å²) >= 11 is 0. The minimum Gasteiger partial charge on any atom is -0.482 e. The molecule has 0 aromatic heterocycles. The third-order valence-corrected chi connectivity index (χ3v) is 2.94. The van der Waals surface area contributed by atoms with Gasteiger partial charge in [0, 0.05) is 17.7 Å². The number of nitrogens with zero attached hydrogens (tertiary/aromatic N) is 2. The summed E-state index contributed by atoms with van der Waals surface area (Å²) in [6.07, 6.45) is 1.37. The standard InChI is InChI=1S/C16H13N3O6/c20-15(21)10-25-14-6-4-11(5-7-14)9-17-18-16(22)12-2-1-3-13(8-12)19(23)24/h1-9H,10H2,(H,18,22)(H,20,21)/b17-9-. The first-order chi connectivity index (χ1) is 12.0. The average Bonchev–Trinajstić information content (AvgIpc) is 2.61. The number of hydrogen-bond donors (Lipinski definition) is 2. The molecule has 0 aliphatic heterocycles. The van der Waals surface area contributed by atoms with Crippen molar-refractivity contribution in [2.24, 2.45) is 5.10 Å². The van der Waals surface area contributed by atoms with E-state index in [1.807, 2.05) is 0 Å². The molecule has 0 saturated heterocycles. The number of carbonyl (C=O) groups is 2. The molecule has 0 heterocycles. The number of rotatable bonds is 7. The molecule has 2 aromatic carbocycles. The number of benzene rings is 2. The number of nitrogens with one attached hydrogen (secondary N) is 1. The van der Waals surface area contributed by atoms with Crippen LogP contribution in [0.3, 0.4) is 0 Å². The fourth-order valence-corrected chi connectivity index (χ4v) is 1.79. The molecule has 0 fully saturated rings. The number of hydrogen-bond acceptors (Lipinski definition) is 6. The van der Waals surface area contributed by atoms with Crippen LogP contribution in [-0.2, 0) is 4.79 Å². The SMILES string of the molecule is O=C(O)COc1ccc(/C=N\NC(=O)c2cccc([N+](=O)[O-])c2)cc1. The van der Waals surface area contributed by atoms with E-state index < -0.39 is 23.4 Å². The quantitative estimate of drug-likeness (QED) is 0.448. The van der Waals surface area contributed by atoms with Crippen LogP contribution in [0.15, 0.2) is 53.6 Å². The molecule has 0 aliphatic rings. The summed E-state index contributed by atoms with van der Waals surface area (Å²) in [6, 6.07) is 11.7. The molecule has 128 valence electrons. The Balaban J connectivity index is 1.94. The van der Waals surface area contributed by atoms with E-state index in [-0.39, 0.29) is 11.3 Å². The van der Waals surface area contributed by atoms with Crippen LogP contribution in [0.25, 0.3) is 0 Å². The molecule has 0 spiro atoms. The second-order valence-corrected chi connectivity index (χ2v) is 4.76. The highest BCUT2D eigenvalue weighted by Crippen LogP contribution is 2.13. The Morgan fingerprint density at radius 3 is 2.60 bits per heavy atom. The Morgan fingerprint density at radius 1 is 1.24 bits per heavy atom. The summed E-state index contributed by atoms with van der Waals surface area (Å²) in [5.41, 5.74) is 2.84. The minimum absolute atomic E-state index is 0.115. The zero-order chi connectivity index (χ0) is 18.2. The summed E-state index contributed by atoms with van der Waals surface area (Å²) in [5, 5.41) is 23.0. The molecule has 9 heteroatoms. The highest BCUT2D eigenvalue weighted by Gasteiger charge is 2.10. The van der Waals surface area contributed by atoms with E-state index in [1.165, 1.54) is 24.4 Å². The Morgan fingerprint density at radius 2 is 1.96 bits per heavy atom. The van der Waals surface area contributed by atoms with Gasteiger partial charge in [0.05, 0.1) is 11.1 Å². The van der Waals surface area contributed by atoms with E-state index in [0.717, 1.165) is 6.07 Å². The van der Waals surface area contributed by atoms with E-state index in [1.54, 1.807) is 24.3 Å². The van der Waals surface area contributed by atoms with E-state index in [2.05, 4.69) is 10.5 Å². The Hall–Kier alpha value is -3.75. The lowest BCUT2D eigenvalue weighted by Crippen LogP contribution is -2.17. The first-order valence-electron chi connectivity index (χ1n) is 6.98. The van der Waals surface area contributed by atoms with Gasteiger partial charge in [0.25, 0.3) is 11.6 Å². The Labute approximate surface area is 141 Å². The highest BCUT2D eigenvalue weighted by molar-refractivity contribution is 5.95. The van der Waals surface area contributed by atoms with E-state index in [9.17, 15) is 19.7 Å². The number of nitro benzene ring substituents is 1. The normalized spacial score (nSPS) is 10.4. The van der Waals surface area contributed by atoms with Crippen LogP contribution in [0.1, 0.15) is 15.9 Å². The monoisotopic (exact) mass is 343 g/mol. The number of aliphatic carboxylic acids is 1. The fourth-order valence-electron chi connectivity index (χ4n) is 1.79. The van der Waals surface area contributed by atoms with Crippen LogP contribution in [0.5, 0.6) is 5.75 Å². The van der Waals surface area contributed by atoms with Crippen molar-refractivity contribution in [3.63, 3.8) is 0 Å². The zero-order valence-corrected chi connectivity index (χ0v) is 12.8. The predicted octanol–water partition coefficient (Wildman–Crippen LogP) is 1.82. The van der Waals surface area contributed by atoms with Crippen molar-refractivity contribution < 1.29 is 24.4 Å². The lowest BCUT2D eigenvalue weighted by molar-refractivity contribution is -0.384. The van der Waals surface area contributed by atoms with Crippen molar-refractivity contribution in [1.82, 2.24) is 5.43 Å². The summed E-state index contributed by atoms with van der Waals surface area (Å²) in [5.74, 6) is -1.27. The number of amides is 1. The van der Waals surface area contributed by atoms with E-state index in [4.69, 9.17) is 9.84 Å². The van der Waals surface area contributed by atoms with Crippen molar-refractivity contribution in [2.45, 2.75) is 0 Å². The van der Waals surface area contributed by atoms with Crippen LogP contribution in [0.4, 0.5) is 5.69 Å². The zero-order valence-electron chi connectivity index (χ0n) is 12.8. The Bertz CT molecular complexity index is 817. The van der Waals surface area contributed by atoms with Crippen molar-refractivity contribution in [3.05, 3.63) is 69.8 Å². The molecule has 1 amide bonds. The van der Waals surface area contributed by atoms with Crippen LogP contribution < -0.4 is 10.2 Å². The predicted molar refractivity (Wildman–Crippen MR) is 87.7 cm³/mol. The van der Waals surface area contributed by atoms with Gasteiger partial charge in [-0.2, -0.15) is 5.10 Å². The molecular formula is C16H13N3O6. The van der Waals surface area contributed by atoms with Crippen molar-refractivity contribution in [1.29, 1.82) is 0 Å². The maximum Gasteiger partial charge on any atom is 0.341 e. The highest BCUT2D eigenvalue weighted by atomic mass is 16.6. The van der Waals surface area contributed by atoms with Crippen LogP contribution in [0, 0.1) is 10.1 Å². The first kappa shape index (κ1) is 17.6. The molecule has 0 aliphatic carbocycles. The van der Waals surface area contributed by atoms with Gasteiger partial charge in [-0.25, -0.2) is 10.2 Å². The van der Waals surface area contributed by atoms with Gasteiger partial charge in [0.2, 0.25) is 0 Å². The number of carbonyl (C=O) groups excluding carboxylic acids is 1. The van der Waals surface area contributed by atoms with Crippen LogP contribution >= 0.6 is 0 Å². The molecule has 0 unspecified atom stereocenters. The maximum absolute atomic E-state index is 11.9. The van der Waals surface area contributed by atoms with E-state index in [0.29, 0.717) is 11.3 Å². The molecule has 2 aromatic rings. The lowest BCUT2D eigenvalue weighted by atomic mass is 10.2. The number of carboxylic acids is 1. The molecule has 25 heavy (non-hydrogen) atoms. The first-order valence-corrected chi connectivity index (χ1v) is 6.98. The number of ether oxygens (including phenoxy) is 1. The Kier molecular flexibility index (Phi) is 5.77. The second-order valence-electron chi connectivity index (χ2n) is 4.76. The average molecular weight is 343 g/mol. The number of carboxylic acid groups (broad SMARTS) is 1. The summed E-state index contributed by atoms with van der Waals surface area (Å²) in [4.78, 5) is 32.4. The van der Waals surface area contributed by atoms with Gasteiger partial charge in [-0.05, 0) is 35.9 Å². The van der Waals surface area contributed by atoms with Gasteiger partial charge in [0.1, 0.15) is 5.75 Å². The molecule has 0 bridgehead atoms. The van der Waals surface area contributed by atoms with Crippen molar-refractivity contribution in [3.8, 4) is 5.75 Å². The molecule has 0 radical (unpaired) electrons. The lowest BCUT2D eigenvalue weighted by Gasteiger charge is -2.03. The van der Waals surface area contributed by atoms with Gasteiger partial charge in [-0.15, -0.1) is 0 Å². The summed E-state index contributed by atoms with van der Waals surface area (Å²) in [7, 11) is 0. The van der Waals surface area contributed by atoms with Gasteiger partial charge in [0.15, 0.2) is 6.61 Å². The summed E-state index contributed by atoms with van der Waals surface area (Å²) in [6.45, 7) is -0.438. The molecule has 2 rings (SSSR count). The fraction of sp³-hybridized carbons (Fsp3) is 0.0625.